The van der Waals surface area contributed by atoms with Gasteiger partial charge < -0.3 is 20.2 Å². The first kappa shape index (κ1) is 20.3. The van der Waals surface area contributed by atoms with Crippen molar-refractivity contribution in [2.45, 2.75) is 39.2 Å². The fraction of sp³-hybridized carbons (Fsp3) is 0.286. The maximum atomic E-state index is 14.5. The molecule has 0 saturated heterocycles. The normalized spacial score (nSPS) is 11.4. The number of hydrogen-bond donors (Lipinski definition) is 3. The van der Waals surface area contributed by atoms with Gasteiger partial charge in [0.25, 0.3) is 0 Å². The second kappa shape index (κ2) is 7.90. The molecule has 7 nitrogen and oxygen atoms in total. The Kier molecular flexibility index (Phi) is 5.54. The summed E-state index contributed by atoms with van der Waals surface area (Å²) in [4.78, 5) is 28.1. The third-order valence-corrected chi connectivity index (χ3v) is 4.98. The zero-order valence-electron chi connectivity index (χ0n) is 16.4. The Labute approximate surface area is 166 Å². The summed E-state index contributed by atoms with van der Waals surface area (Å²) in [6.07, 6.45) is 0.399. The van der Waals surface area contributed by atoms with Gasteiger partial charge in [0.05, 0.1) is 5.69 Å². The monoisotopic (exact) mass is 399 g/mol. The van der Waals surface area contributed by atoms with Gasteiger partial charge in [-0.3, -0.25) is 0 Å². The molecule has 0 atom stereocenters. The summed E-state index contributed by atoms with van der Waals surface area (Å²) in [5.74, 6) is -1.56. The van der Waals surface area contributed by atoms with Gasteiger partial charge in [-0.2, -0.15) is 0 Å². The molecule has 3 aromatic rings. The smallest absolute Gasteiger partial charge is 0.329 e. The molecule has 152 valence electrons. The number of aromatic nitrogens is 1. The van der Waals surface area contributed by atoms with E-state index in [-0.39, 0.29) is 24.4 Å². The number of nitrogens with one attached hydrogen (secondary N) is 2. The number of halogens is 1. The maximum absolute atomic E-state index is 14.5. The molecule has 0 aliphatic rings. The average molecular weight is 399 g/mol. The molecule has 8 heteroatoms. The third-order valence-electron chi connectivity index (χ3n) is 4.98. The van der Waals surface area contributed by atoms with Gasteiger partial charge in [0, 0.05) is 5.56 Å². The Bertz CT molecular complexity index is 1070. The summed E-state index contributed by atoms with van der Waals surface area (Å²) < 4.78 is 20.2. The Hall–Kier alpha value is -3.42. The first-order valence-corrected chi connectivity index (χ1v) is 9.27. The number of carboxylic acids is 1. The minimum Gasteiger partial charge on any atom is -0.480 e. The second-order valence-electron chi connectivity index (χ2n) is 6.86. The molecular weight excluding hydrogens is 377 g/mol. The minimum absolute atomic E-state index is 0.0790. The van der Waals surface area contributed by atoms with Crippen LogP contribution in [0.15, 0.2) is 40.8 Å². The van der Waals surface area contributed by atoms with Gasteiger partial charge in [0.15, 0.2) is 5.58 Å². The van der Waals surface area contributed by atoms with E-state index in [1.165, 1.54) is 12.1 Å². The van der Waals surface area contributed by atoms with Crippen LogP contribution in [0.4, 0.5) is 14.9 Å². The largest absolute Gasteiger partial charge is 0.480 e. The number of fused-ring (bicyclic) bond motifs is 1. The van der Waals surface area contributed by atoms with E-state index < -0.39 is 23.4 Å². The lowest BCUT2D eigenvalue weighted by Crippen LogP contribution is -2.55. The van der Waals surface area contributed by atoms with Crippen LogP contribution in [0.25, 0.3) is 22.6 Å². The van der Waals surface area contributed by atoms with Crippen LogP contribution in [-0.4, -0.2) is 27.6 Å². The highest BCUT2D eigenvalue weighted by atomic mass is 19.1. The van der Waals surface area contributed by atoms with Crippen molar-refractivity contribution in [3.05, 3.63) is 47.8 Å². The molecule has 0 unspecified atom stereocenters. The number of carbonyl (C=O) groups excluding carboxylic acids is 1. The summed E-state index contributed by atoms with van der Waals surface area (Å²) >= 11 is 0. The van der Waals surface area contributed by atoms with Crippen molar-refractivity contribution in [1.29, 1.82) is 0 Å². The van der Waals surface area contributed by atoms with Crippen molar-refractivity contribution in [2.24, 2.45) is 0 Å². The molecule has 3 N–H and O–H groups in total. The number of aryl methyl sites for hydroxylation is 1. The number of carbonyl (C=O) groups is 2. The zero-order chi connectivity index (χ0) is 21.2. The van der Waals surface area contributed by atoms with Crippen LogP contribution in [0.1, 0.15) is 32.3 Å². The van der Waals surface area contributed by atoms with Crippen molar-refractivity contribution in [2.75, 3.05) is 5.32 Å². The van der Waals surface area contributed by atoms with Gasteiger partial charge in [-0.25, -0.2) is 19.0 Å². The van der Waals surface area contributed by atoms with Gasteiger partial charge in [-0.05, 0) is 55.7 Å². The highest BCUT2D eigenvalue weighted by Crippen LogP contribution is 2.27. The summed E-state index contributed by atoms with van der Waals surface area (Å²) in [6, 6.07) is 8.93. The maximum Gasteiger partial charge on any atom is 0.329 e. The Morgan fingerprint density at radius 2 is 1.90 bits per heavy atom. The fourth-order valence-electron chi connectivity index (χ4n) is 3.06. The lowest BCUT2D eigenvalue weighted by molar-refractivity contribution is -0.144. The van der Waals surface area contributed by atoms with Gasteiger partial charge in [0.2, 0.25) is 5.89 Å². The third kappa shape index (κ3) is 4.06. The summed E-state index contributed by atoms with van der Waals surface area (Å²) in [5, 5.41) is 14.2. The number of hydrogen-bond acceptors (Lipinski definition) is 4. The number of amides is 2. The van der Waals surface area contributed by atoms with E-state index in [0.29, 0.717) is 16.7 Å². The van der Waals surface area contributed by atoms with E-state index >= 15 is 0 Å². The molecule has 0 aliphatic heterocycles. The molecule has 2 aromatic carbocycles. The predicted octanol–water partition coefficient (Wildman–Crippen LogP) is 4.71. The van der Waals surface area contributed by atoms with Crippen LogP contribution in [0, 0.1) is 12.7 Å². The lowest BCUT2D eigenvalue weighted by atomic mass is 9.93. The number of urea groups is 1. The standard InChI is InChI=1S/C21H22FN3O4/c1-4-21(5-2,19(26)27)25-20(28)24-15-8-7-13(11-14(15)22)18-23-16-10-12(3)6-9-17(16)29-18/h6-11H,4-5H2,1-3H3,(H,26,27)(H2,24,25,28). The van der Waals surface area contributed by atoms with E-state index in [2.05, 4.69) is 15.6 Å². The summed E-state index contributed by atoms with van der Waals surface area (Å²) in [5.41, 5.74) is 1.24. The van der Waals surface area contributed by atoms with Crippen LogP contribution in [0.2, 0.25) is 0 Å². The number of carboxylic acid groups (broad SMARTS) is 1. The molecule has 3 rings (SSSR count). The van der Waals surface area contributed by atoms with E-state index in [9.17, 15) is 19.1 Å². The molecule has 0 saturated carbocycles. The molecule has 0 aliphatic carbocycles. The van der Waals surface area contributed by atoms with Crippen LogP contribution in [0.5, 0.6) is 0 Å². The molecule has 1 heterocycles. The van der Waals surface area contributed by atoms with Crippen molar-refractivity contribution >= 4 is 28.8 Å². The topological polar surface area (TPSA) is 104 Å². The molecule has 0 spiro atoms. The lowest BCUT2D eigenvalue weighted by Gasteiger charge is -2.28. The van der Waals surface area contributed by atoms with E-state index in [4.69, 9.17) is 4.42 Å². The second-order valence-corrected chi connectivity index (χ2v) is 6.86. The first-order valence-electron chi connectivity index (χ1n) is 9.27. The summed E-state index contributed by atoms with van der Waals surface area (Å²) in [7, 11) is 0. The van der Waals surface area contributed by atoms with Crippen LogP contribution >= 0.6 is 0 Å². The van der Waals surface area contributed by atoms with Crippen molar-refractivity contribution in [3.63, 3.8) is 0 Å². The number of nitrogens with zero attached hydrogens (tertiary/aromatic N) is 1. The van der Waals surface area contributed by atoms with Gasteiger partial charge in [-0.15, -0.1) is 0 Å². The van der Waals surface area contributed by atoms with Gasteiger partial charge in [-0.1, -0.05) is 19.9 Å². The Balaban J connectivity index is 1.80. The summed E-state index contributed by atoms with van der Waals surface area (Å²) in [6.45, 7) is 5.26. The van der Waals surface area contributed by atoms with Crippen molar-refractivity contribution < 1.29 is 23.5 Å². The molecule has 1 aromatic heterocycles. The van der Waals surface area contributed by atoms with E-state index in [1.54, 1.807) is 26.0 Å². The molecule has 29 heavy (non-hydrogen) atoms. The van der Waals surface area contributed by atoms with Gasteiger partial charge >= 0.3 is 12.0 Å². The number of oxazole rings is 1. The SMILES string of the molecule is CCC(CC)(NC(=O)Nc1ccc(-c2nc3cc(C)ccc3o2)cc1F)C(=O)O. The molecule has 0 bridgehead atoms. The zero-order valence-corrected chi connectivity index (χ0v) is 16.4. The van der Waals surface area contributed by atoms with E-state index in [1.807, 2.05) is 19.1 Å². The predicted molar refractivity (Wildman–Crippen MR) is 107 cm³/mol. The average Bonchev–Trinajstić information content (AvgIpc) is 3.10. The molecule has 0 fully saturated rings. The Morgan fingerprint density at radius 1 is 1.17 bits per heavy atom. The number of benzene rings is 2. The number of aliphatic carboxylic acids is 1. The highest BCUT2D eigenvalue weighted by molar-refractivity contribution is 5.94. The van der Waals surface area contributed by atoms with Crippen LogP contribution in [-0.2, 0) is 4.79 Å². The molecule has 2 amide bonds. The highest BCUT2D eigenvalue weighted by Gasteiger charge is 2.36. The van der Waals surface area contributed by atoms with Crippen LogP contribution in [0.3, 0.4) is 0 Å². The van der Waals surface area contributed by atoms with Crippen LogP contribution < -0.4 is 10.6 Å². The quantitative estimate of drug-likeness (QED) is 0.557. The Morgan fingerprint density at radius 3 is 2.52 bits per heavy atom. The van der Waals surface area contributed by atoms with E-state index in [0.717, 1.165) is 5.56 Å². The van der Waals surface area contributed by atoms with Crippen molar-refractivity contribution in [1.82, 2.24) is 10.3 Å². The number of anilines is 1. The van der Waals surface area contributed by atoms with Gasteiger partial charge in [0.1, 0.15) is 16.9 Å². The first-order chi connectivity index (χ1) is 13.8. The fourth-order valence-corrected chi connectivity index (χ4v) is 3.06. The minimum atomic E-state index is -1.41. The molecular formula is C21H22FN3O4. The molecule has 0 radical (unpaired) electrons. The number of rotatable bonds is 6. The van der Waals surface area contributed by atoms with Crippen molar-refractivity contribution in [3.8, 4) is 11.5 Å².